The first-order valence-corrected chi connectivity index (χ1v) is 8.19. The predicted octanol–water partition coefficient (Wildman–Crippen LogP) is 1.55. The number of unbranched alkanes of at least 4 members (excludes halogenated alkanes) is 1. The summed E-state index contributed by atoms with van der Waals surface area (Å²) in [7, 11) is -3.66. The minimum atomic E-state index is -3.66. The van der Waals surface area contributed by atoms with Crippen molar-refractivity contribution >= 4 is 34.0 Å². The van der Waals surface area contributed by atoms with Crippen molar-refractivity contribution in [3.05, 3.63) is 17.2 Å². The Labute approximate surface area is 135 Å². The molecule has 1 heterocycles. The molecule has 1 aliphatic rings. The second-order valence-electron chi connectivity index (χ2n) is 4.32. The Kier molecular flexibility index (Phi) is 7.02. The lowest BCUT2D eigenvalue weighted by Gasteiger charge is -2.19. The van der Waals surface area contributed by atoms with Crippen molar-refractivity contribution in [1.29, 1.82) is 0 Å². The fourth-order valence-corrected chi connectivity index (χ4v) is 3.41. The number of rotatable bonds is 6. The molecule has 3 N–H and O–H groups in total. The Morgan fingerprint density at radius 1 is 1.19 bits per heavy atom. The first kappa shape index (κ1) is 18.3. The average molecular weight is 357 g/mol. The van der Waals surface area contributed by atoms with Crippen molar-refractivity contribution in [3.8, 4) is 11.5 Å². The molecule has 6 nitrogen and oxygen atoms in total. The van der Waals surface area contributed by atoms with Crippen molar-refractivity contribution in [2.75, 3.05) is 26.3 Å². The molecule has 0 aromatic heterocycles. The van der Waals surface area contributed by atoms with Gasteiger partial charge in [0.1, 0.15) is 18.1 Å². The van der Waals surface area contributed by atoms with Crippen LogP contribution in [0, 0.1) is 0 Å². The number of hydrogen-bond acceptors (Lipinski definition) is 5. The average Bonchev–Trinajstić information content (AvgIpc) is 2.43. The topological polar surface area (TPSA) is 90.7 Å². The Balaban J connectivity index is 0.00000220. The van der Waals surface area contributed by atoms with Gasteiger partial charge in [-0.3, -0.25) is 0 Å². The van der Waals surface area contributed by atoms with E-state index in [0.29, 0.717) is 44.2 Å². The van der Waals surface area contributed by atoms with Crippen molar-refractivity contribution in [3.63, 3.8) is 0 Å². The Bertz CT molecular complexity index is 581. The van der Waals surface area contributed by atoms with Crippen LogP contribution >= 0.6 is 24.0 Å². The summed E-state index contributed by atoms with van der Waals surface area (Å²) in [6.45, 7) is 1.67. The quantitative estimate of drug-likeness (QED) is 0.754. The predicted molar refractivity (Wildman–Crippen MR) is 83.2 cm³/mol. The number of fused-ring (bicyclic) bond motifs is 1. The first-order valence-electron chi connectivity index (χ1n) is 6.33. The fraction of sp³-hybridized carbons (Fsp3) is 0.500. The highest BCUT2D eigenvalue weighted by atomic mass is 35.5. The lowest BCUT2D eigenvalue weighted by atomic mass is 10.3. The van der Waals surface area contributed by atoms with E-state index in [1.54, 1.807) is 0 Å². The highest BCUT2D eigenvalue weighted by Gasteiger charge is 2.22. The van der Waals surface area contributed by atoms with Crippen LogP contribution in [0.4, 0.5) is 0 Å². The molecule has 2 rings (SSSR count). The zero-order valence-electron chi connectivity index (χ0n) is 11.3. The second kappa shape index (κ2) is 8.05. The third kappa shape index (κ3) is 4.62. The smallest absolute Gasteiger partial charge is 0.242 e. The molecule has 0 amide bonds. The molecule has 1 aromatic rings. The summed E-state index contributed by atoms with van der Waals surface area (Å²) in [6.07, 6.45) is 1.44. The zero-order valence-corrected chi connectivity index (χ0v) is 13.7. The maximum absolute atomic E-state index is 12.2. The monoisotopic (exact) mass is 356 g/mol. The van der Waals surface area contributed by atoms with Gasteiger partial charge in [0.05, 0.1) is 5.02 Å². The van der Waals surface area contributed by atoms with Crippen LogP contribution in [0.5, 0.6) is 11.5 Å². The van der Waals surface area contributed by atoms with E-state index in [9.17, 15) is 8.42 Å². The van der Waals surface area contributed by atoms with Gasteiger partial charge >= 0.3 is 0 Å². The number of ether oxygens (including phenoxy) is 2. The summed E-state index contributed by atoms with van der Waals surface area (Å²) in [4.78, 5) is -0.00355. The summed E-state index contributed by atoms with van der Waals surface area (Å²) in [6, 6.07) is 2.85. The third-order valence-electron chi connectivity index (χ3n) is 2.81. The maximum atomic E-state index is 12.2. The first-order chi connectivity index (χ1) is 9.54. The van der Waals surface area contributed by atoms with Gasteiger partial charge in [-0.1, -0.05) is 11.6 Å². The van der Waals surface area contributed by atoms with Crippen LogP contribution in [0.1, 0.15) is 12.8 Å². The fourth-order valence-electron chi connectivity index (χ4n) is 1.80. The highest BCUT2D eigenvalue weighted by Crippen LogP contribution is 2.37. The van der Waals surface area contributed by atoms with Gasteiger partial charge in [0, 0.05) is 18.7 Å². The van der Waals surface area contributed by atoms with E-state index in [0.717, 1.165) is 6.42 Å². The van der Waals surface area contributed by atoms with Gasteiger partial charge in [0.25, 0.3) is 0 Å². The number of nitrogens with one attached hydrogen (secondary N) is 1. The van der Waals surface area contributed by atoms with E-state index < -0.39 is 10.0 Å². The van der Waals surface area contributed by atoms with E-state index >= 15 is 0 Å². The second-order valence-corrected chi connectivity index (χ2v) is 6.46. The van der Waals surface area contributed by atoms with E-state index in [1.165, 1.54) is 12.1 Å². The minimum absolute atomic E-state index is 0. The van der Waals surface area contributed by atoms with Gasteiger partial charge in [-0.05, 0) is 19.4 Å². The molecule has 0 atom stereocenters. The van der Waals surface area contributed by atoms with Crippen LogP contribution in [0.15, 0.2) is 17.0 Å². The number of halogens is 2. The number of benzene rings is 1. The molecule has 0 unspecified atom stereocenters. The lowest BCUT2D eigenvalue weighted by molar-refractivity contribution is 0.171. The Morgan fingerprint density at radius 3 is 2.43 bits per heavy atom. The molecule has 0 aliphatic carbocycles. The Morgan fingerprint density at radius 2 is 1.81 bits per heavy atom. The molecule has 0 saturated heterocycles. The molecule has 0 spiro atoms. The lowest BCUT2D eigenvalue weighted by Crippen LogP contribution is -2.26. The molecule has 9 heteroatoms. The van der Waals surface area contributed by atoms with Crippen LogP contribution in [0.3, 0.4) is 0 Å². The number of hydrogen-bond donors (Lipinski definition) is 2. The molecule has 120 valence electrons. The van der Waals surface area contributed by atoms with Crippen molar-refractivity contribution in [2.24, 2.45) is 5.73 Å². The van der Waals surface area contributed by atoms with Crippen molar-refractivity contribution in [1.82, 2.24) is 4.72 Å². The van der Waals surface area contributed by atoms with Crippen LogP contribution in [-0.4, -0.2) is 34.7 Å². The number of nitrogens with two attached hydrogens (primary N) is 1. The van der Waals surface area contributed by atoms with Gasteiger partial charge < -0.3 is 15.2 Å². The molecule has 21 heavy (non-hydrogen) atoms. The van der Waals surface area contributed by atoms with Crippen LogP contribution in [0.25, 0.3) is 0 Å². The molecular weight excluding hydrogens is 339 g/mol. The van der Waals surface area contributed by atoms with E-state index in [2.05, 4.69) is 4.72 Å². The van der Waals surface area contributed by atoms with Crippen molar-refractivity contribution in [2.45, 2.75) is 17.7 Å². The van der Waals surface area contributed by atoms with Gasteiger partial charge in [-0.25, -0.2) is 13.1 Å². The Hall–Kier alpha value is -0.730. The van der Waals surface area contributed by atoms with Gasteiger partial charge in [-0.2, -0.15) is 0 Å². The van der Waals surface area contributed by atoms with E-state index in [1.807, 2.05) is 0 Å². The molecule has 1 aliphatic heterocycles. The van der Waals surface area contributed by atoms with E-state index in [-0.39, 0.29) is 22.3 Å². The van der Waals surface area contributed by atoms with Gasteiger partial charge in [0.2, 0.25) is 10.0 Å². The van der Waals surface area contributed by atoms with Crippen LogP contribution in [0.2, 0.25) is 5.02 Å². The molecule has 0 saturated carbocycles. The summed E-state index contributed by atoms with van der Waals surface area (Å²) in [5.74, 6) is 0.853. The summed E-state index contributed by atoms with van der Waals surface area (Å²) < 4.78 is 37.6. The molecular formula is C12H18Cl2N2O4S. The molecule has 1 aromatic carbocycles. The normalized spacial score (nSPS) is 13.6. The maximum Gasteiger partial charge on any atom is 0.242 e. The van der Waals surface area contributed by atoms with Crippen LogP contribution < -0.4 is 19.9 Å². The zero-order chi connectivity index (χ0) is 14.6. The summed E-state index contributed by atoms with van der Waals surface area (Å²) in [5, 5.41) is 0.112. The summed E-state index contributed by atoms with van der Waals surface area (Å²) in [5.41, 5.74) is 5.36. The summed E-state index contributed by atoms with van der Waals surface area (Å²) >= 11 is 6.01. The highest BCUT2D eigenvalue weighted by molar-refractivity contribution is 7.89. The molecule has 0 bridgehead atoms. The van der Waals surface area contributed by atoms with Crippen molar-refractivity contribution < 1.29 is 17.9 Å². The largest absolute Gasteiger partial charge is 0.486 e. The molecule has 0 radical (unpaired) electrons. The van der Waals surface area contributed by atoms with Gasteiger partial charge in [0.15, 0.2) is 11.5 Å². The van der Waals surface area contributed by atoms with E-state index in [4.69, 9.17) is 26.8 Å². The molecule has 0 fully saturated rings. The third-order valence-corrected chi connectivity index (χ3v) is 4.73. The minimum Gasteiger partial charge on any atom is -0.486 e. The standard InChI is InChI=1S/C12H17ClN2O4S.ClH/c13-9-7-10-11(19-6-5-18-10)8-12(9)20(16,17)15-4-2-1-3-14;/h7-8,15H,1-6,14H2;1H. The van der Waals surface area contributed by atoms with Gasteiger partial charge in [-0.15, -0.1) is 12.4 Å². The van der Waals surface area contributed by atoms with Crippen LogP contribution in [-0.2, 0) is 10.0 Å². The number of sulfonamides is 1. The SMILES string of the molecule is Cl.NCCCCNS(=O)(=O)c1cc2c(cc1Cl)OCCO2.